The summed E-state index contributed by atoms with van der Waals surface area (Å²) in [5.74, 6) is 2.20. The molecule has 0 radical (unpaired) electrons. The Hall–Kier alpha value is -1.65. The van der Waals surface area contributed by atoms with Gasteiger partial charge >= 0.3 is 0 Å². The van der Waals surface area contributed by atoms with E-state index in [0.29, 0.717) is 17.3 Å². The summed E-state index contributed by atoms with van der Waals surface area (Å²) < 4.78 is 5.59. The van der Waals surface area contributed by atoms with E-state index in [2.05, 4.69) is 36.5 Å². The molecule has 1 atom stereocenters. The van der Waals surface area contributed by atoms with Crippen molar-refractivity contribution in [3.05, 3.63) is 64.7 Å². The van der Waals surface area contributed by atoms with Gasteiger partial charge in [0.05, 0.1) is 5.02 Å². The molecular weight excluding hydrogens is 342 g/mol. The molecule has 24 heavy (non-hydrogen) atoms. The summed E-state index contributed by atoms with van der Waals surface area (Å²) in [6.45, 7) is 4.42. The van der Waals surface area contributed by atoms with Gasteiger partial charge in [-0.15, -0.1) is 0 Å². The molecule has 0 spiro atoms. The average molecular weight is 364 g/mol. The van der Waals surface area contributed by atoms with Crippen molar-refractivity contribution < 1.29 is 9.53 Å². The Balaban J connectivity index is 1.65. The fraction of sp³-hybridized carbons (Fsp3) is 0.316. The summed E-state index contributed by atoms with van der Waals surface area (Å²) in [7, 11) is 0. The van der Waals surface area contributed by atoms with E-state index in [1.807, 2.05) is 12.1 Å². The lowest BCUT2D eigenvalue weighted by molar-refractivity contribution is -0.127. The van der Waals surface area contributed by atoms with Crippen LogP contribution in [0.2, 0.25) is 5.02 Å². The zero-order chi connectivity index (χ0) is 17.4. The first kappa shape index (κ1) is 18.7. The van der Waals surface area contributed by atoms with Gasteiger partial charge in [0.25, 0.3) is 5.91 Å². The first-order chi connectivity index (χ1) is 11.6. The normalized spacial score (nSPS) is 11.8. The van der Waals surface area contributed by atoms with Crippen LogP contribution in [0, 0.1) is 6.92 Å². The number of thioether (sulfide) groups is 1. The standard InChI is InChI=1S/C19H22ClNO2S/c1-14-7-9-16(10-8-14)13-24-12-11-21-19(22)15(2)23-18-6-4-3-5-17(18)20/h3-10,15H,11-13H2,1-2H3,(H,21,22). The van der Waals surface area contributed by atoms with E-state index in [9.17, 15) is 4.79 Å². The molecule has 0 aliphatic rings. The zero-order valence-electron chi connectivity index (χ0n) is 13.9. The number of ether oxygens (including phenoxy) is 1. The first-order valence-electron chi connectivity index (χ1n) is 7.88. The summed E-state index contributed by atoms with van der Waals surface area (Å²) in [6.07, 6.45) is -0.577. The molecule has 1 unspecified atom stereocenters. The van der Waals surface area contributed by atoms with Crippen molar-refractivity contribution in [1.29, 1.82) is 0 Å². The van der Waals surface area contributed by atoms with Gasteiger partial charge in [-0.1, -0.05) is 53.6 Å². The van der Waals surface area contributed by atoms with Crippen LogP contribution in [0.1, 0.15) is 18.1 Å². The minimum atomic E-state index is -0.577. The van der Waals surface area contributed by atoms with Gasteiger partial charge in [-0.3, -0.25) is 4.79 Å². The predicted molar refractivity (Wildman–Crippen MR) is 102 cm³/mol. The third kappa shape index (κ3) is 6.10. The van der Waals surface area contributed by atoms with Crippen LogP contribution in [-0.2, 0) is 10.5 Å². The zero-order valence-corrected chi connectivity index (χ0v) is 15.5. The van der Waals surface area contributed by atoms with Crippen LogP contribution in [-0.4, -0.2) is 24.3 Å². The van der Waals surface area contributed by atoms with Gasteiger partial charge in [0.15, 0.2) is 6.10 Å². The number of para-hydroxylation sites is 1. The molecule has 2 aromatic rings. The molecule has 0 fully saturated rings. The molecule has 3 nitrogen and oxygen atoms in total. The van der Waals surface area contributed by atoms with E-state index in [-0.39, 0.29) is 5.91 Å². The smallest absolute Gasteiger partial charge is 0.260 e. The summed E-state index contributed by atoms with van der Waals surface area (Å²) >= 11 is 7.82. The molecule has 0 saturated carbocycles. The largest absolute Gasteiger partial charge is 0.479 e. The predicted octanol–water partition coefficient (Wildman–Crippen LogP) is 4.47. The molecule has 0 saturated heterocycles. The Morgan fingerprint density at radius 3 is 2.62 bits per heavy atom. The summed E-state index contributed by atoms with van der Waals surface area (Å²) in [4.78, 5) is 12.0. The van der Waals surface area contributed by atoms with Crippen LogP contribution in [0.4, 0.5) is 0 Å². The Kier molecular flexibility index (Phi) is 7.47. The second-order valence-electron chi connectivity index (χ2n) is 5.52. The number of hydrogen-bond acceptors (Lipinski definition) is 3. The van der Waals surface area contributed by atoms with Crippen molar-refractivity contribution in [2.24, 2.45) is 0 Å². The maximum absolute atomic E-state index is 12.0. The van der Waals surface area contributed by atoms with Crippen LogP contribution < -0.4 is 10.1 Å². The van der Waals surface area contributed by atoms with Gasteiger partial charge in [-0.05, 0) is 31.5 Å². The number of halogens is 1. The molecule has 2 aromatic carbocycles. The van der Waals surface area contributed by atoms with Gasteiger partial charge in [-0.2, -0.15) is 11.8 Å². The molecular formula is C19H22ClNO2S. The lowest BCUT2D eigenvalue weighted by Gasteiger charge is -2.15. The van der Waals surface area contributed by atoms with E-state index in [1.165, 1.54) is 11.1 Å². The minimum absolute atomic E-state index is 0.133. The Morgan fingerprint density at radius 2 is 1.92 bits per heavy atom. The van der Waals surface area contributed by atoms with Crippen molar-refractivity contribution >= 4 is 29.3 Å². The van der Waals surface area contributed by atoms with Crippen molar-refractivity contribution in [3.63, 3.8) is 0 Å². The molecule has 0 aliphatic heterocycles. The van der Waals surface area contributed by atoms with Crippen LogP contribution in [0.3, 0.4) is 0 Å². The van der Waals surface area contributed by atoms with E-state index in [4.69, 9.17) is 16.3 Å². The molecule has 2 rings (SSSR count). The molecule has 0 heterocycles. The van der Waals surface area contributed by atoms with E-state index in [1.54, 1.807) is 30.8 Å². The first-order valence-corrected chi connectivity index (χ1v) is 9.41. The van der Waals surface area contributed by atoms with Crippen LogP contribution in [0.5, 0.6) is 5.75 Å². The number of hydrogen-bond donors (Lipinski definition) is 1. The number of aryl methyl sites for hydroxylation is 1. The molecule has 128 valence electrons. The van der Waals surface area contributed by atoms with Gasteiger partial charge in [0, 0.05) is 18.1 Å². The van der Waals surface area contributed by atoms with Gasteiger partial charge in [-0.25, -0.2) is 0 Å². The number of carbonyl (C=O) groups is 1. The number of benzene rings is 2. The molecule has 5 heteroatoms. The topological polar surface area (TPSA) is 38.3 Å². The average Bonchev–Trinajstić information content (AvgIpc) is 2.58. The van der Waals surface area contributed by atoms with Crippen LogP contribution >= 0.6 is 23.4 Å². The number of carbonyl (C=O) groups excluding carboxylic acids is 1. The second kappa shape index (κ2) is 9.60. The van der Waals surface area contributed by atoms with Crippen LogP contribution in [0.15, 0.2) is 48.5 Å². The second-order valence-corrected chi connectivity index (χ2v) is 7.03. The summed E-state index contributed by atoms with van der Waals surface area (Å²) in [5.41, 5.74) is 2.57. The minimum Gasteiger partial charge on any atom is -0.479 e. The SMILES string of the molecule is Cc1ccc(CSCCNC(=O)C(C)Oc2ccccc2Cl)cc1. The lowest BCUT2D eigenvalue weighted by atomic mass is 10.2. The van der Waals surface area contributed by atoms with E-state index in [0.717, 1.165) is 11.5 Å². The molecule has 1 N–H and O–H groups in total. The van der Waals surface area contributed by atoms with Gasteiger partial charge < -0.3 is 10.1 Å². The quantitative estimate of drug-likeness (QED) is 0.703. The lowest BCUT2D eigenvalue weighted by Crippen LogP contribution is -2.37. The maximum Gasteiger partial charge on any atom is 0.260 e. The Bertz CT molecular complexity index is 661. The summed E-state index contributed by atoms with van der Waals surface area (Å²) in [6, 6.07) is 15.7. The van der Waals surface area contributed by atoms with Crippen LogP contribution in [0.25, 0.3) is 0 Å². The van der Waals surface area contributed by atoms with Crippen molar-refractivity contribution in [2.45, 2.75) is 25.7 Å². The Labute approximate surface area is 152 Å². The highest BCUT2D eigenvalue weighted by molar-refractivity contribution is 7.98. The fourth-order valence-electron chi connectivity index (χ4n) is 2.05. The van der Waals surface area contributed by atoms with Crippen molar-refractivity contribution in [3.8, 4) is 5.75 Å². The van der Waals surface area contributed by atoms with E-state index >= 15 is 0 Å². The molecule has 0 aromatic heterocycles. The maximum atomic E-state index is 12.0. The number of rotatable bonds is 8. The number of amides is 1. The highest BCUT2D eigenvalue weighted by Crippen LogP contribution is 2.24. The molecule has 0 aliphatic carbocycles. The summed E-state index contributed by atoms with van der Waals surface area (Å²) in [5, 5.41) is 3.40. The van der Waals surface area contributed by atoms with Gasteiger partial charge in [0.2, 0.25) is 0 Å². The highest BCUT2D eigenvalue weighted by Gasteiger charge is 2.15. The van der Waals surface area contributed by atoms with Gasteiger partial charge in [0.1, 0.15) is 5.75 Å². The van der Waals surface area contributed by atoms with Crippen molar-refractivity contribution in [1.82, 2.24) is 5.32 Å². The third-order valence-electron chi connectivity index (χ3n) is 3.44. The molecule has 0 bridgehead atoms. The number of nitrogens with one attached hydrogen (secondary N) is 1. The third-order valence-corrected chi connectivity index (χ3v) is 4.79. The highest BCUT2D eigenvalue weighted by atomic mass is 35.5. The molecule has 1 amide bonds. The fourth-order valence-corrected chi connectivity index (χ4v) is 3.05. The van der Waals surface area contributed by atoms with Crippen molar-refractivity contribution in [2.75, 3.05) is 12.3 Å². The Morgan fingerprint density at radius 1 is 1.21 bits per heavy atom. The van der Waals surface area contributed by atoms with E-state index < -0.39 is 6.10 Å². The monoisotopic (exact) mass is 363 g/mol.